The van der Waals surface area contributed by atoms with Gasteiger partial charge < -0.3 is 49.7 Å². The molecule has 4 atom stereocenters. The highest BCUT2D eigenvalue weighted by molar-refractivity contribution is 7.66. The Morgan fingerprint density at radius 1 is 1.01 bits per heavy atom. The fourth-order valence-corrected chi connectivity index (χ4v) is 11.9. The number of fused-ring (bicyclic) bond motifs is 3. The van der Waals surface area contributed by atoms with Crippen molar-refractivity contribution in [3.8, 4) is 33.4 Å². The Morgan fingerprint density at radius 3 is 2.49 bits per heavy atom. The van der Waals surface area contributed by atoms with Gasteiger partial charge in [-0.15, -0.1) is 11.3 Å². The largest absolute Gasteiger partial charge is 0.490 e. The van der Waals surface area contributed by atoms with E-state index in [1.54, 1.807) is 23.3 Å². The number of nitrogens with zero attached hydrogens (tertiary/aromatic N) is 5. The molecule has 1 aliphatic carbocycles. The van der Waals surface area contributed by atoms with Gasteiger partial charge in [-0.2, -0.15) is 13.6 Å². The number of anilines is 2. The number of nitrogens with one attached hydrogen (secondary N) is 2. The van der Waals surface area contributed by atoms with Crippen LogP contribution in [0.4, 0.5) is 11.6 Å². The summed E-state index contributed by atoms with van der Waals surface area (Å²) < 4.78 is 57.5. The first-order valence-corrected chi connectivity index (χ1v) is 26.5. The first kappa shape index (κ1) is 51.3. The highest BCUT2D eigenvalue weighted by atomic mass is 32.1. The lowest BCUT2D eigenvalue weighted by Crippen LogP contribution is -2.30. The maximum absolute atomic E-state index is 14.2. The van der Waals surface area contributed by atoms with Crippen molar-refractivity contribution >= 4 is 79.4 Å². The van der Waals surface area contributed by atoms with Gasteiger partial charge in [0.1, 0.15) is 20.3 Å². The van der Waals surface area contributed by atoms with Crippen LogP contribution in [0, 0.1) is 11.8 Å². The summed E-state index contributed by atoms with van der Waals surface area (Å²) in [5, 5.41) is 4.92. The number of phosphoric ester groups is 1. The minimum Gasteiger partial charge on any atom is -0.378 e. The molecule has 0 spiro atoms. The number of rotatable bonds is 16. The van der Waals surface area contributed by atoms with Gasteiger partial charge in [0.2, 0.25) is 17.2 Å². The smallest absolute Gasteiger partial charge is 0.378 e. The van der Waals surface area contributed by atoms with Gasteiger partial charge in [-0.25, -0.2) is 18.3 Å². The predicted octanol–water partition coefficient (Wildman–Crippen LogP) is 4.43. The molecule has 2 aromatic heterocycles. The molecule has 8 N–H and O–H groups in total. The summed E-state index contributed by atoms with van der Waals surface area (Å²) in [4.78, 5) is 88.3. The molecule has 4 aromatic rings. The number of carbonyl (C=O) groups is 2. The second-order valence-electron chi connectivity index (χ2n) is 16.4. The summed E-state index contributed by atoms with van der Waals surface area (Å²) in [6.07, 6.45) is 0.703. The van der Waals surface area contributed by atoms with Crippen molar-refractivity contribution in [1.82, 2.24) is 29.3 Å². The average molecular weight is 1030 g/mol. The standard InChI is InChI=1S/C43H49N8O14P3S/c1-48(2)27-14-17-32-34(22-27)69-35-23-28(49(3)4)15-18-33(35)39(32)30-11-6-7-12-31(30)42(54)50(5)21-9-13-36(52)45-20-8-10-26-24-51(40-38(26)41(53)47-43(44)46-40)37-19-16-29(63-37)25-62-67(58,59)65-68(60,61)64-66(55,56)57/h6-7,11-12,14-15,17-18,22-24,29,37H,9,13,16,19-21,25H2,1-5H3,(H7-,44,45,46,47,52,53,55,56,57,58,59,60,61)/p+1/t29-,37+/m0/s1. The highest BCUT2D eigenvalue weighted by Crippen LogP contribution is 2.66. The third kappa shape index (κ3) is 12.4. The molecule has 26 heteroatoms. The van der Waals surface area contributed by atoms with Gasteiger partial charge in [-0.05, 0) is 54.7 Å². The highest BCUT2D eigenvalue weighted by Gasteiger charge is 2.41. The van der Waals surface area contributed by atoms with Crippen molar-refractivity contribution in [1.29, 1.82) is 0 Å². The van der Waals surface area contributed by atoms with Crippen LogP contribution < -0.4 is 31.4 Å². The third-order valence-electron chi connectivity index (χ3n) is 10.9. The molecule has 7 rings (SSSR count). The number of benzene rings is 3. The molecular weight excluding hydrogens is 978 g/mol. The average Bonchev–Trinajstić information content (AvgIpc) is 3.89. The molecular formula is C43H50N8O14P3S+. The van der Waals surface area contributed by atoms with Crippen molar-refractivity contribution < 1.29 is 60.7 Å². The second kappa shape index (κ2) is 20.8. The van der Waals surface area contributed by atoms with Gasteiger partial charge in [0.15, 0.2) is 5.65 Å². The summed E-state index contributed by atoms with van der Waals surface area (Å²) in [5.41, 5.74) is 9.98. The molecule has 3 aliphatic rings. The molecule has 2 amide bonds. The molecule has 2 aliphatic heterocycles. The zero-order chi connectivity index (χ0) is 50.0. The predicted molar refractivity (Wildman–Crippen MR) is 259 cm³/mol. The molecule has 0 bridgehead atoms. The maximum Gasteiger partial charge on any atom is 0.490 e. The van der Waals surface area contributed by atoms with Crippen molar-refractivity contribution in [2.24, 2.45) is 0 Å². The number of aromatic nitrogens is 3. The van der Waals surface area contributed by atoms with E-state index in [0.29, 0.717) is 18.5 Å². The lowest BCUT2D eigenvalue weighted by molar-refractivity contribution is -0.121. The topological polar surface area (TPSA) is 301 Å². The number of ether oxygens (including phenoxy) is 1. The van der Waals surface area contributed by atoms with E-state index >= 15 is 0 Å². The fourth-order valence-electron chi connectivity index (χ4n) is 7.74. The lowest BCUT2D eigenvalue weighted by Gasteiger charge is -2.22. The zero-order valence-electron chi connectivity index (χ0n) is 37.9. The fraction of sp³-hybridized carbons (Fsp3) is 0.326. The molecule has 0 radical (unpaired) electrons. The summed E-state index contributed by atoms with van der Waals surface area (Å²) in [5.74, 6) is 5.02. The van der Waals surface area contributed by atoms with Crippen molar-refractivity contribution in [3.05, 3.63) is 93.7 Å². The lowest BCUT2D eigenvalue weighted by atomic mass is 9.91. The van der Waals surface area contributed by atoms with E-state index in [2.05, 4.69) is 81.6 Å². The second-order valence-corrected chi connectivity index (χ2v) is 21.9. The number of hydrogen-bond acceptors (Lipinski definition) is 14. The van der Waals surface area contributed by atoms with Crippen molar-refractivity contribution in [3.63, 3.8) is 0 Å². The maximum atomic E-state index is 14.2. The van der Waals surface area contributed by atoms with E-state index in [1.165, 1.54) is 10.8 Å². The number of nitrogen functional groups attached to an aromatic ring is 1. The summed E-state index contributed by atoms with van der Waals surface area (Å²) in [6.45, 7) is -0.449. The van der Waals surface area contributed by atoms with Gasteiger partial charge in [0.25, 0.3) is 11.5 Å². The minimum absolute atomic E-state index is 0.0729. The van der Waals surface area contributed by atoms with Crippen molar-refractivity contribution in [2.45, 2.75) is 38.0 Å². The van der Waals surface area contributed by atoms with Crippen LogP contribution in [-0.4, -0.2) is 112 Å². The molecule has 2 aromatic carbocycles. The number of nitrogens with two attached hydrogens (primary N) is 1. The number of aromatic amines is 1. The molecule has 69 heavy (non-hydrogen) atoms. The molecule has 2 unspecified atom stereocenters. The van der Waals surface area contributed by atoms with E-state index in [4.69, 9.17) is 24.8 Å². The molecule has 1 saturated heterocycles. The summed E-state index contributed by atoms with van der Waals surface area (Å²) >= 11 is 1.71. The summed E-state index contributed by atoms with van der Waals surface area (Å²) in [7, 11) is -6.94. The van der Waals surface area contributed by atoms with E-state index in [0.717, 1.165) is 42.7 Å². The Morgan fingerprint density at radius 2 is 1.77 bits per heavy atom. The number of hydrogen-bond donors (Lipinski definition) is 7. The van der Waals surface area contributed by atoms with Crippen LogP contribution in [-0.2, 0) is 36.4 Å². The monoisotopic (exact) mass is 1030 g/mol. The third-order valence-corrected chi connectivity index (χ3v) is 15.8. The van der Waals surface area contributed by atoms with Crippen molar-refractivity contribution in [2.75, 3.05) is 65.6 Å². The molecule has 1 fully saturated rings. The van der Waals surface area contributed by atoms with Crippen LogP contribution in [0.3, 0.4) is 0 Å². The van der Waals surface area contributed by atoms with Gasteiger partial charge >= 0.3 is 23.5 Å². The molecule has 22 nitrogen and oxygen atoms in total. The van der Waals surface area contributed by atoms with Gasteiger partial charge in [0, 0.05) is 84.2 Å². The molecule has 0 saturated carbocycles. The Bertz CT molecular complexity index is 3280. The Labute approximate surface area is 398 Å². The van der Waals surface area contributed by atoms with E-state index in [-0.39, 0.29) is 60.2 Å². The summed E-state index contributed by atoms with van der Waals surface area (Å²) in [6, 6.07) is 20.3. The van der Waals surface area contributed by atoms with Crippen LogP contribution in [0.15, 0.2) is 71.7 Å². The van der Waals surface area contributed by atoms with Gasteiger partial charge in [-0.3, -0.25) is 23.9 Å². The first-order chi connectivity index (χ1) is 32.5. The molecule has 366 valence electrons. The van der Waals surface area contributed by atoms with Crippen LogP contribution >= 0.6 is 34.8 Å². The Balaban J connectivity index is 0.979. The number of carbonyl (C=O) groups excluding carboxylic acids is 2. The first-order valence-electron chi connectivity index (χ1n) is 21.1. The zero-order valence-corrected chi connectivity index (χ0v) is 41.4. The number of H-pyrrole nitrogens is 1. The van der Waals surface area contributed by atoms with Crippen LogP contribution in [0.25, 0.3) is 42.7 Å². The van der Waals surface area contributed by atoms with Crippen LogP contribution in [0.1, 0.15) is 47.8 Å². The minimum atomic E-state index is -5.71. The molecule has 4 heterocycles. The number of phosphoric acid groups is 3. The van der Waals surface area contributed by atoms with Crippen LogP contribution in [0.2, 0.25) is 0 Å². The van der Waals surface area contributed by atoms with E-state index < -0.39 is 48.0 Å². The number of amides is 2. The Kier molecular flexibility index (Phi) is 15.5. The quantitative estimate of drug-likeness (QED) is 0.0305. The SMILES string of the molecule is CN(CCCC(=O)NCC#Cc1cn([C@H]2CC[C@@H](COP(=O)(O)OP(=O)(O)OP(=O)(O)O)O2)c2nc(N)[nH]c(=O)c12)C(=O)c1ccccc1-c1c2ccc(=[N+](C)C)cc-2sc2cc(N(C)C)ccc12. The normalized spacial score (nSPS) is 16.7. The van der Waals surface area contributed by atoms with E-state index in [9.17, 15) is 37.9 Å². The Hall–Kier alpha value is -5.56. The van der Waals surface area contributed by atoms with E-state index in [1.807, 2.05) is 52.5 Å². The van der Waals surface area contributed by atoms with Crippen LogP contribution in [0.5, 0.6) is 0 Å². The van der Waals surface area contributed by atoms with Gasteiger partial charge in [0.05, 0.1) is 30.2 Å². The van der Waals surface area contributed by atoms with Gasteiger partial charge in [-0.1, -0.05) is 36.1 Å².